The zero-order chi connectivity index (χ0) is 29.4. The molecule has 40 heavy (non-hydrogen) atoms. The molecule has 3 rings (SSSR count). The van der Waals surface area contributed by atoms with Crippen molar-refractivity contribution in [3.8, 4) is 0 Å². The van der Waals surface area contributed by atoms with Gasteiger partial charge in [-0.15, -0.1) is 0 Å². The van der Waals surface area contributed by atoms with Gasteiger partial charge in [-0.05, 0) is 48.3 Å². The molecule has 0 spiro atoms. The van der Waals surface area contributed by atoms with E-state index in [2.05, 4.69) is 55.4 Å². The second kappa shape index (κ2) is 15.1. The van der Waals surface area contributed by atoms with Crippen LogP contribution in [0.1, 0.15) is 81.1 Å². The summed E-state index contributed by atoms with van der Waals surface area (Å²) in [4.78, 5) is 13.8. The summed E-state index contributed by atoms with van der Waals surface area (Å²) < 4.78 is 40.4. The average Bonchev–Trinajstić information content (AvgIpc) is 3.66. The smallest absolute Gasteiger partial charge is 0.309 e. The molecule has 6 unspecified atom stereocenters. The normalized spacial score (nSPS) is 26.1. The molecule has 0 aliphatic carbocycles. The fraction of sp³-hybridized carbons (Fsp3) is 0.969. The standard InChI is InChI=1S/C32H58O8/c1-23(11-30(3,4)5)9-10-28(24(2)12-31(6,7)8)29(33)40-22-32(19-34-13-25-16-37-25,20-35-14-26-17-38-26)21-36-15-27-18-39-27/h23-28H,9-22H2,1-8H3. The van der Waals surface area contributed by atoms with Gasteiger partial charge in [-0.3, -0.25) is 4.79 Å². The summed E-state index contributed by atoms with van der Waals surface area (Å²) in [7, 11) is 0. The number of carbonyl (C=O) groups excluding carboxylic acids is 1. The zero-order valence-electron chi connectivity index (χ0n) is 26.6. The highest BCUT2D eigenvalue weighted by Crippen LogP contribution is 2.35. The highest BCUT2D eigenvalue weighted by atomic mass is 16.6. The van der Waals surface area contributed by atoms with E-state index in [1.807, 2.05) is 0 Å². The number of hydrogen-bond acceptors (Lipinski definition) is 8. The lowest BCUT2D eigenvalue weighted by molar-refractivity contribution is -0.163. The van der Waals surface area contributed by atoms with E-state index in [1.165, 1.54) is 0 Å². The van der Waals surface area contributed by atoms with Crippen LogP contribution in [0.3, 0.4) is 0 Å². The Kier molecular flexibility index (Phi) is 12.7. The first-order chi connectivity index (χ1) is 18.7. The Bertz CT molecular complexity index is 699. The van der Waals surface area contributed by atoms with Gasteiger partial charge < -0.3 is 33.2 Å². The predicted molar refractivity (Wildman–Crippen MR) is 154 cm³/mol. The van der Waals surface area contributed by atoms with E-state index in [0.717, 1.165) is 45.5 Å². The topological polar surface area (TPSA) is 91.6 Å². The molecule has 0 aromatic heterocycles. The first-order valence-corrected chi connectivity index (χ1v) is 15.5. The second-order valence-corrected chi connectivity index (χ2v) is 15.3. The van der Waals surface area contributed by atoms with Gasteiger partial charge in [0.05, 0.1) is 70.8 Å². The van der Waals surface area contributed by atoms with E-state index in [0.29, 0.717) is 45.6 Å². The predicted octanol–water partition coefficient (Wildman–Crippen LogP) is 5.30. The van der Waals surface area contributed by atoms with Crippen LogP contribution >= 0.6 is 0 Å². The molecule has 8 heteroatoms. The molecule has 0 radical (unpaired) electrons. The summed E-state index contributed by atoms with van der Waals surface area (Å²) in [6.07, 6.45) is 4.40. The van der Waals surface area contributed by atoms with E-state index < -0.39 is 5.41 Å². The average molecular weight is 571 g/mol. The van der Waals surface area contributed by atoms with Crippen LogP contribution in [0.4, 0.5) is 0 Å². The van der Waals surface area contributed by atoms with Crippen LogP contribution in [0.15, 0.2) is 0 Å². The Morgan fingerprint density at radius 2 is 1.12 bits per heavy atom. The molecular formula is C32H58O8. The third kappa shape index (κ3) is 14.4. The molecule has 0 bridgehead atoms. The fourth-order valence-corrected chi connectivity index (χ4v) is 5.65. The maximum atomic E-state index is 13.8. The van der Waals surface area contributed by atoms with Crippen LogP contribution in [0, 0.1) is 34.0 Å². The fourth-order valence-electron chi connectivity index (χ4n) is 5.65. The molecular weight excluding hydrogens is 512 g/mol. The molecule has 3 aliphatic rings. The first-order valence-electron chi connectivity index (χ1n) is 15.5. The maximum absolute atomic E-state index is 13.8. The Hall–Kier alpha value is -0.770. The molecule has 234 valence electrons. The Morgan fingerprint density at radius 3 is 1.50 bits per heavy atom. The SMILES string of the molecule is CC(CCC(C(=O)OCC(COCC1CO1)(COCC1CO1)COCC1CO1)C(C)CC(C)(C)C)CC(C)(C)C. The summed E-state index contributed by atoms with van der Waals surface area (Å²) in [5.74, 6) is 0.497. The van der Waals surface area contributed by atoms with Crippen molar-refractivity contribution < 1.29 is 38.0 Å². The van der Waals surface area contributed by atoms with E-state index >= 15 is 0 Å². The van der Waals surface area contributed by atoms with Gasteiger partial charge in [-0.1, -0.05) is 55.4 Å². The summed E-state index contributed by atoms with van der Waals surface area (Å²) in [6.45, 7) is 23.1. The van der Waals surface area contributed by atoms with Crippen molar-refractivity contribution in [3.05, 3.63) is 0 Å². The van der Waals surface area contributed by atoms with Gasteiger partial charge >= 0.3 is 5.97 Å². The highest BCUT2D eigenvalue weighted by molar-refractivity contribution is 5.72. The van der Waals surface area contributed by atoms with Gasteiger partial charge in [-0.2, -0.15) is 0 Å². The van der Waals surface area contributed by atoms with Gasteiger partial charge in [0.1, 0.15) is 24.9 Å². The summed E-state index contributed by atoms with van der Waals surface area (Å²) in [5.41, 5.74) is -0.213. The molecule has 0 aromatic rings. The van der Waals surface area contributed by atoms with Crippen molar-refractivity contribution in [2.75, 3.05) is 66.1 Å². The Morgan fingerprint density at radius 1 is 0.700 bits per heavy atom. The zero-order valence-corrected chi connectivity index (χ0v) is 26.6. The second-order valence-electron chi connectivity index (χ2n) is 15.3. The summed E-state index contributed by atoms with van der Waals surface area (Å²) >= 11 is 0. The number of epoxide rings is 3. The van der Waals surface area contributed by atoms with Crippen molar-refractivity contribution in [1.29, 1.82) is 0 Å². The largest absolute Gasteiger partial charge is 0.465 e. The Labute approximate surface area is 243 Å². The van der Waals surface area contributed by atoms with Crippen molar-refractivity contribution in [2.45, 2.75) is 99.4 Å². The van der Waals surface area contributed by atoms with E-state index in [4.69, 9.17) is 33.2 Å². The van der Waals surface area contributed by atoms with Crippen LogP contribution in [0.2, 0.25) is 0 Å². The molecule has 3 fully saturated rings. The first kappa shape index (κ1) is 33.7. The van der Waals surface area contributed by atoms with Crippen molar-refractivity contribution >= 4 is 5.97 Å². The van der Waals surface area contributed by atoms with Gasteiger partial charge in [-0.25, -0.2) is 0 Å². The van der Waals surface area contributed by atoms with Gasteiger partial charge in [0, 0.05) is 0 Å². The monoisotopic (exact) mass is 570 g/mol. The highest BCUT2D eigenvalue weighted by Gasteiger charge is 2.39. The van der Waals surface area contributed by atoms with Crippen molar-refractivity contribution in [1.82, 2.24) is 0 Å². The van der Waals surface area contributed by atoms with Gasteiger partial charge in [0.15, 0.2) is 0 Å². The minimum Gasteiger partial charge on any atom is -0.465 e. The quantitative estimate of drug-likeness (QED) is 0.136. The van der Waals surface area contributed by atoms with Crippen LogP contribution in [-0.2, 0) is 38.0 Å². The molecule has 6 atom stereocenters. The van der Waals surface area contributed by atoms with Gasteiger partial charge in [0.2, 0.25) is 0 Å². The third-order valence-electron chi connectivity index (χ3n) is 7.72. The number of esters is 1. The Balaban J connectivity index is 1.66. The molecule has 3 heterocycles. The molecule has 3 aliphatic heterocycles. The third-order valence-corrected chi connectivity index (χ3v) is 7.72. The summed E-state index contributed by atoms with van der Waals surface area (Å²) in [6, 6.07) is 0. The summed E-state index contributed by atoms with van der Waals surface area (Å²) in [5, 5.41) is 0. The minimum absolute atomic E-state index is 0.120. The van der Waals surface area contributed by atoms with Crippen LogP contribution in [-0.4, -0.2) is 90.4 Å². The number of ether oxygens (including phenoxy) is 7. The molecule has 0 saturated carbocycles. The minimum atomic E-state index is -0.619. The maximum Gasteiger partial charge on any atom is 0.309 e. The van der Waals surface area contributed by atoms with E-state index in [1.54, 1.807) is 0 Å². The van der Waals surface area contributed by atoms with Crippen LogP contribution in [0.25, 0.3) is 0 Å². The molecule has 8 nitrogen and oxygen atoms in total. The molecule has 0 N–H and O–H groups in total. The molecule has 3 saturated heterocycles. The van der Waals surface area contributed by atoms with E-state index in [9.17, 15) is 4.79 Å². The molecule has 0 amide bonds. The number of hydrogen-bond donors (Lipinski definition) is 0. The van der Waals surface area contributed by atoms with Gasteiger partial charge in [0.25, 0.3) is 0 Å². The van der Waals surface area contributed by atoms with Crippen LogP contribution in [0.5, 0.6) is 0 Å². The van der Waals surface area contributed by atoms with Crippen molar-refractivity contribution in [2.24, 2.45) is 34.0 Å². The number of carbonyl (C=O) groups is 1. The van der Waals surface area contributed by atoms with Crippen LogP contribution < -0.4 is 0 Å². The lowest BCUT2D eigenvalue weighted by Crippen LogP contribution is -2.44. The lowest BCUT2D eigenvalue weighted by Gasteiger charge is -2.34. The molecule has 0 aromatic carbocycles. The lowest BCUT2D eigenvalue weighted by atomic mass is 9.76. The number of rotatable bonds is 21. The van der Waals surface area contributed by atoms with E-state index in [-0.39, 0.29) is 53.6 Å². The van der Waals surface area contributed by atoms with Crippen molar-refractivity contribution in [3.63, 3.8) is 0 Å².